The summed E-state index contributed by atoms with van der Waals surface area (Å²) in [7, 11) is 1.69. The third kappa shape index (κ3) is 3.33. The highest BCUT2D eigenvalue weighted by molar-refractivity contribution is 5.59. The van der Waals surface area contributed by atoms with Crippen molar-refractivity contribution in [3.8, 4) is 17.1 Å². The number of nitrogens with one attached hydrogen (secondary N) is 1. The molecule has 0 saturated carbocycles. The number of rotatable bonds is 5. The molecule has 0 fully saturated rings. The summed E-state index contributed by atoms with van der Waals surface area (Å²) in [6.07, 6.45) is 0. The fourth-order valence-corrected chi connectivity index (χ4v) is 3.12. The summed E-state index contributed by atoms with van der Waals surface area (Å²) in [6, 6.07) is 19.9. The Kier molecular flexibility index (Phi) is 4.46. The van der Waals surface area contributed by atoms with Crippen molar-refractivity contribution in [3.63, 3.8) is 0 Å². The fraction of sp³-hybridized carbons (Fsp3) is 0.190. The third-order valence-corrected chi connectivity index (χ3v) is 4.51. The first-order valence-corrected chi connectivity index (χ1v) is 8.84. The van der Waals surface area contributed by atoms with Crippen LogP contribution in [-0.2, 0) is 0 Å². The van der Waals surface area contributed by atoms with Crippen LogP contribution in [-0.4, -0.2) is 26.9 Å². The average Bonchev–Trinajstić information content (AvgIpc) is 3.12. The molecule has 0 radical (unpaired) electrons. The smallest absolute Gasteiger partial charge is 0.185 e. The summed E-state index contributed by atoms with van der Waals surface area (Å²) >= 11 is 0. The molecule has 4 aromatic rings. The Bertz CT molecular complexity index is 1070. The lowest BCUT2D eigenvalue weighted by Gasteiger charge is -2.18. The van der Waals surface area contributed by atoms with Crippen molar-refractivity contribution in [2.24, 2.45) is 0 Å². The van der Waals surface area contributed by atoms with Crippen molar-refractivity contribution < 1.29 is 4.74 Å². The zero-order valence-electron chi connectivity index (χ0n) is 15.5. The Morgan fingerprint density at radius 1 is 1.00 bits per heavy atom. The van der Waals surface area contributed by atoms with Crippen molar-refractivity contribution in [1.82, 2.24) is 19.8 Å². The van der Waals surface area contributed by atoms with Gasteiger partial charge in [0.2, 0.25) is 0 Å². The van der Waals surface area contributed by atoms with Gasteiger partial charge in [-0.05, 0) is 32.0 Å². The molecule has 1 atom stereocenters. The van der Waals surface area contributed by atoms with Gasteiger partial charge in [0.1, 0.15) is 11.6 Å². The van der Waals surface area contributed by atoms with E-state index in [-0.39, 0.29) is 6.04 Å². The molecule has 0 amide bonds. The van der Waals surface area contributed by atoms with E-state index in [4.69, 9.17) is 9.84 Å². The average molecular weight is 359 g/mol. The Balaban J connectivity index is 1.68. The second-order valence-electron chi connectivity index (χ2n) is 6.49. The van der Waals surface area contributed by atoms with Gasteiger partial charge in [-0.1, -0.05) is 48.0 Å². The van der Waals surface area contributed by atoms with Gasteiger partial charge < -0.3 is 10.1 Å². The molecule has 6 nitrogen and oxygen atoms in total. The van der Waals surface area contributed by atoms with E-state index in [0.717, 1.165) is 28.5 Å². The predicted octanol–water partition coefficient (Wildman–Crippen LogP) is 4.28. The molecule has 27 heavy (non-hydrogen) atoms. The highest BCUT2D eigenvalue weighted by Gasteiger charge is 2.14. The molecule has 2 aromatic heterocycles. The van der Waals surface area contributed by atoms with E-state index in [0.29, 0.717) is 5.65 Å². The molecule has 0 aliphatic carbocycles. The molecule has 0 aliphatic rings. The van der Waals surface area contributed by atoms with Gasteiger partial charge in [0.05, 0.1) is 13.2 Å². The zero-order chi connectivity index (χ0) is 18.8. The van der Waals surface area contributed by atoms with E-state index in [1.165, 1.54) is 5.56 Å². The number of anilines is 1. The van der Waals surface area contributed by atoms with Crippen LogP contribution < -0.4 is 10.1 Å². The number of hydrogen-bond donors (Lipinski definition) is 1. The molecule has 0 aliphatic heterocycles. The standard InChI is InChI=1S/C21H21N5O/c1-14-9-10-18(27-3)17(13-14)15(2)22-19-11-12-20-23-24-21(26(20)25-19)16-7-5-4-6-8-16/h4-13,15H,1-3H3,(H,22,25)/t15-/m1/s1. The van der Waals surface area contributed by atoms with E-state index in [9.17, 15) is 0 Å². The van der Waals surface area contributed by atoms with Crippen molar-refractivity contribution >= 4 is 11.5 Å². The SMILES string of the molecule is COc1ccc(C)cc1[C@@H](C)Nc1ccc2nnc(-c3ccccc3)n2n1. The largest absolute Gasteiger partial charge is 0.496 e. The highest BCUT2D eigenvalue weighted by atomic mass is 16.5. The lowest BCUT2D eigenvalue weighted by atomic mass is 10.0. The molecule has 0 spiro atoms. The maximum atomic E-state index is 5.51. The summed E-state index contributed by atoms with van der Waals surface area (Å²) in [6.45, 7) is 4.16. The lowest BCUT2D eigenvalue weighted by molar-refractivity contribution is 0.407. The topological polar surface area (TPSA) is 64.3 Å². The second-order valence-corrected chi connectivity index (χ2v) is 6.49. The Labute approximate surface area is 157 Å². The predicted molar refractivity (Wildman–Crippen MR) is 106 cm³/mol. The highest BCUT2D eigenvalue weighted by Crippen LogP contribution is 2.28. The minimum Gasteiger partial charge on any atom is -0.496 e. The zero-order valence-corrected chi connectivity index (χ0v) is 15.5. The van der Waals surface area contributed by atoms with Crippen LogP contribution in [0.4, 0.5) is 5.82 Å². The van der Waals surface area contributed by atoms with E-state index in [2.05, 4.69) is 35.4 Å². The summed E-state index contributed by atoms with van der Waals surface area (Å²) in [4.78, 5) is 0. The number of nitrogens with zero attached hydrogens (tertiary/aromatic N) is 4. The summed E-state index contributed by atoms with van der Waals surface area (Å²) in [5, 5.41) is 16.6. The Morgan fingerprint density at radius 3 is 2.59 bits per heavy atom. The van der Waals surface area contributed by atoms with Gasteiger partial charge in [0.25, 0.3) is 0 Å². The van der Waals surface area contributed by atoms with Crippen LogP contribution in [0.1, 0.15) is 24.1 Å². The van der Waals surface area contributed by atoms with Crippen LogP contribution in [0.2, 0.25) is 0 Å². The van der Waals surface area contributed by atoms with Crippen LogP contribution in [0.15, 0.2) is 60.7 Å². The number of hydrogen-bond acceptors (Lipinski definition) is 5. The van der Waals surface area contributed by atoms with Crippen molar-refractivity contribution in [3.05, 3.63) is 71.8 Å². The first-order valence-electron chi connectivity index (χ1n) is 8.84. The van der Waals surface area contributed by atoms with Crippen LogP contribution in [0.5, 0.6) is 5.75 Å². The minimum absolute atomic E-state index is 0.0291. The van der Waals surface area contributed by atoms with Crippen LogP contribution in [0.25, 0.3) is 17.0 Å². The lowest BCUT2D eigenvalue weighted by Crippen LogP contribution is -2.11. The van der Waals surface area contributed by atoms with Crippen molar-refractivity contribution in [1.29, 1.82) is 0 Å². The molecule has 0 unspecified atom stereocenters. The number of benzene rings is 2. The summed E-state index contributed by atoms with van der Waals surface area (Å²) in [5.41, 5.74) is 3.96. The monoisotopic (exact) mass is 359 g/mol. The maximum absolute atomic E-state index is 5.51. The quantitative estimate of drug-likeness (QED) is 0.576. The van der Waals surface area contributed by atoms with Crippen LogP contribution in [0, 0.1) is 6.92 Å². The second kappa shape index (κ2) is 7.07. The maximum Gasteiger partial charge on any atom is 0.185 e. The van der Waals surface area contributed by atoms with Gasteiger partial charge >= 0.3 is 0 Å². The molecule has 2 heterocycles. The van der Waals surface area contributed by atoms with Crippen LogP contribution in [0.3, 0.4) is 0 Å². The van der Waals surface area contributed by atoms with Gasteiger partial charge in [0, 0.05) is 11.1 Å². The van der Waals surface area contributed by atoms with Gasteiger partial charge in [-0.15, -0.1) is 15.3 Å². The number of aryl methyl sites for hydroxylation is 1. The summed E-state index contributed by atoms with van der Waals surface area (Å²) < 4.78 is 7.27. The van der Waals surface area contributed by atoms with Gasteiger partial charge in [-0.3, -0.25) is 0 Å². The Morgan fingerprint density at radius 2 is 1.81 bits per heavy atom. The molecule has 0 saturated heterocycles. The van der Waals surface area contributed by atoms with E-state index < -0.39 is 0 Å². The van der Waals surface area contributed by atoms with E-state index in [1.54, 1.807) is 11.6 Å². The van der Waals surface area contributed by atoms with E-state index >= 15 is 0 Å². The molecular formula is C21H21N5O. The van der Waals surface area contributed by atoms with Gasteiger partial charge in [-0.2, -0.15) is 4.52 Å². The normalized spacial score (nSPS) is 12.1. The number of aromatic nitrogens is 4. The number of ether oxygens (including phenoxy) is 1. The van der Waals surface area contributed by atoms with Crippen molar-refractivity contribution in [2.75, 3.05) is 12.4 Å². The number of methoxy groups -OCH3 is 1. The molecule has 6 heteroatoms. The Hall–Kier alpha value is -3.41. The fourth-order valence-electron chi connectivity index (χ4n) is 3.12. The molecule has 0 bridgehead atoms. The molecule has 136 valence electrons. The summed E-state index contributed by atoms with van der Waals surface area (Å²) in [5.74, 6) is 2.32. The molecular weight excluding hydrogens is 338 g/mol. The van der Waals surface area contributed by atoms with Crippen molar-refractivity contribution in [2.45, 2.75) is 19.9 Å². The first kappa shape index (κ1) is 17.0. The third-order valence-electron chi connectivity index (χ3n) is 4.51. The van der Waals surface area contributed by atoms with Gasteiger partial charge in [0.15, 0.2) is 11.5 Å². The molecule has 2 aromatic carbocycles. The minimum atomic E-state index is 0.0291. The molecule has 4 rings (SSSR count). The molecule has 1 N–H and O–H groups in total. The van der Waals surface area contributed by atoms with E-state index in [1.807, 2.05) is 54.6 Å². The van der Waals surface area contributed by atoms with Gasteiger partial charge in [-0.25, -0.2) is 0 Å². The van der Waals surface area contributed by atoms with Crippen LogP contribution >= 0.6 is 0 Å². The number of fused-ring (bicyclic) bond motifs is 1. The first-order chi connectivity index (χ1) is 13.2.